The quantitative estimate of drug-likeness (QED) is 0.250. The highest BCUT2D eigenvalue weighted by molar-refractivity contribution is 7.14. The summed E-state index contributed by atoms with van der Waals surface area (Å²) in [6.45, 7) is -0.528. The van der Waals surface area contributed by atoms with Crippen LogP contribution in [0.15, 0.2) is 78.2 Å². The number of aromatic nitrogens is 1. The maximum Gasteiger partial charge on any atom is 0.339 e. The number of carbonyl (C=O) groups excluding carboxylic acids is 3. The van der Waals surface area contributed by atoms with Crippen molar-refractivity contribution in [2.75, 3.05) is 19.0 Å². The second-order valence-corrected chi connectivity index (χ2v) is 8.57. The standard InChI is InChI=1S/C26H19ClN2O5S/c1-33-19-12-8-16(9-13-19)22-15-35-26(28-22)29-23(30)14-34-25(32)21-5-3-2-4-20(21)24(31)17-6-10-18(27)11-7-17/h2-13,15H,14H2,1H3,(H,28,29,30). The number of benzene rings is 3. The number of ketones is 1. The summed E-state index contributed by atoms with van der Waals surface area (Å²) in [6, 6.07) is 20.0. The summed E-state index contributed by atoms with van der Waals surface area (Å²) >= 11 is 7.13. The van der Waals surface area contributed by atoms with Gasteiger partial charge in [0.25, 0.3) is 5.91 Å². The fraction of sp³-hybridized carbons (Fsp3) is 0.0769. The van der Waals surface area contributed by atoms with Crippen LogP contribution in [0.2, 0.25) is 5.02 Å². The van der Waals surface area contributed by atoms with Crippen LogP contribution in [0.3, 0.4) is 0 Å². The van der Waals surface area contributed by atoms with Gasteiger partial charge >= 0.3 is 5.97 Å². The van der Waals surface area contributed by atoms with Gasteiger partial charge in [-0.25, -0.2) is 9.78 Å². The monoisotopic (exact) mass is 506 g/mol. The second-order valence-electron chi connectivity index (χ2n) is 7.27. The molecular formula is C26H19ClN2O5S. The number of hydrogen-bond acceptors (Lipinski definition) is 7. The maximum absolute atomic E-state index is 12.9. The lowest BCUT2D eigenvalue weighted by Gasteiger charge is -2.09. The molecule has 35 heavy (non-hydrogen) atoms. The van der Waals surface area contributed by atoms with Crippen LogP contribution in [-0.4, -0.2) is 36.4 Å². The molecule has 0 saturated heterocycles. The van der Waals surface area contributed by atoms with E-state index in [-0.39, 0.29) is 16.9 Å². The number of nitrogens with zero attached hydrogens (tertiary/aromatic N) is 1. The van der Waals surface area contributed by atoms with E-state index >= 15 is 0 Å². The predicted octanol–water partition coefficient (Wildman–Crippen LogP) is 5.50. The van der Waals surface area contributed by atoms with Crippen LogP contribution in [0.4, 0.5) is 5.13 Å². The molecule has 176 valence electrons. The largest absolute Gasteiger partial charge is 0.497 e. The topological polar surface area (TPSA) is 94.6 Å². The highest BCUT2D eigenvalue weighted by Crippen LogP contribution is 2.26. The number of ether oxygens (including phenoxy) is 2. The molecule has 0 bridgehead atoms. The first-order valence-corrected chi connectivity index (χ1v) is 11.7. The molecule has 3 aromatic carbocycles. The van der Waals surface area contributed by atoms with E-state index in [1.54, 1.807) is 43.5 Å². The number of halogens is 1. The van der Waals surface area contributed by atoms with E-state index in [1.807, 2.05) is 29.6 Å². The molecular weight excluding hydrogens is 488 g/mol. The van der Waals surface area contributed by atoms with Gasteiger partial charge in [0.2, 0.25) is 0 Å². The fourth-order valence-corrected chi connectivity index (χ4v) is 4.07. The van der Waals surface area contributed by atoms with Crippen LogP contribution in [0.5, 0.6) is 5.75 Å². The van der Waals surface area contributed by atoms with Crippen LogP contribution in [0.25, 0.3) is 11.3 Å². The lowest BCUT2D eigenvalue weighted by Crippen LogP contribution is -2.22. The number of thiazole rings is 1. The van der Waals surface area contributed by atoms with Crippen LogP contribution in [0, 0.1) is 0 Å². The first-order valence-electron chi connectivity index (χ1n) is 10.4. The molecule has 0 aliphatic heterocycles. The Kier molecular flexibility index (Phi) is 7.54. The van der Waals surface area contributed by atoms with Gasteiger partial charge in [-0.3, -0.25) is 14.9 Å². The minimum Gasteiger partial charge on any atom is -0.497 e. The fourth-order valence-electron chi connectivity index (χ4n) is 3.21. The summed E-state index contributed by atoms with van der Waals surface area (Å²) in [5, 5.41) is 5.29. The summed E-state index contributed by atoms with van der Waals surface area (Å²) in [7, 11) is 1.59. The molecule has 0 radical (unpaired) electrons. The van der Waals surface area contributed by atoms with Crippen molar-refractivity contribution >= 4 is 45.7 Å². The zero-order chi connectivity index (χ0) is 24.8. The lowest BCUT2D eigenvalue weighted by molar-refractivity contribution is -0.119. The SMILES string of the molecule is COc1ccc(-c2csc(NC(=O)COC(=O)c3ccccc3C(=O)c3ccc(Cl)cc3)n2)cc1. The molecule has 1 aromatic heterocycles. The van der Waals surface area contributed by atoms with Gasteiger partial charge in [0.1, 0.15) is 5.75 Å². The van der Waals surface area contributed by atoms with E-state index in [1.165, 1.54) is 23.5 Å². The van der Waals surface area contributed by atoms with E-state index in [4.69, 9.17) is 21.1 Å². The van der Waals surface area contributed by atoms with Crippen molar-refractivity contribution in [1.82, 2.24) is 4.98 Å². The molecule has 7 nitrogen and oxygen atoms in total. The highest BCUT2D eigenvalue weighted by atomic mass is 35.5. The van der Waals surface area contributed by atoms with E-state index < -0.39 is 18.5 Å². The van der Waals surface area contributed by atoms with Crippen molar-refractivity contribution in [3.63, 3.8) is 0 Å². The Morgan fingerprint density at radius 2 is 1.63 bits per heavy atom. The van der Waals surface area contributed by atoms with E-state index in [2.05, 4.69) is 10.3 Å². The van der Waals surface area contributed by atoms with Gasteiger partial charge in [0, 0.05) is 27.1 Å². The molecule has 1 heterocycles. The Labute approximate surface area is 210 Å². The van der Waals surface area contributed by atoms with Gasteiger partial charge in [-0.2, -0.15) is 0 Å². The van der Waals surface area contributed by atoms with Gasteiger partial charge in [0.15, 0.2) is 17.5 Å². The summed E-state index contributed by atoms with van der Waals surface area (Å²) in [5.41, 5.74) is 2.18. The molecule has 4 aromatic rings. The van der Waals surface area contributed by atoms with Crippen LogP contribution in [-0.2, 0) is 9.53 Å². The average molecular weight is 507 g/mol. The Bertz CT molecular complexity index is 1370. The van der Waals surface area contributed by atoms with E-state index in [9.17, 15) is 14.4 Å². The first-order chi connectivity index (χ1) is 16.9. The molecule has 1 amide bonds. The highest BCUT2D eigenvalue weighted by Gasteiger charge is 2.20. The molecule has 0 fully saturated rings. The minimum absolute atomic E-state index is 0.0660. The summed E-state index contributed by atoms with van der Waals surface area (Å²) < 4.78 is 10.3. The number of nitrogens with one attached hydrogen (secondary N) is 1. The normalized spacial score (nSPS) is 10.5. The number of methoxy groups -OCH3 is 1. The number of carbonyl (C=O) groups is 3. The number of anilines is 1. The first kappa shape index (κ1) is 24.1. The molecule has 9 heteroatoms. The predicted molar refractivity (Wildman–Crippen MR) is 134 cm³/mol. The van der Waals surface area contributed by atoms with Crippen molar-refractivity contribution in [3.05, 3.63) is 99.9 Å². The molecule has 0 unspecified atom stereocenters. The third-order valence-corrected chi connectivity index (χ3v) is 5.98. The molecule has 0 spiro atoms. The Balaban J connectivity index is 1.38. The van der Waals surface area contributed by atoms with Crippen molar-refractivity contribution in [3.8, 4) is 17.0 Å². The molecule has 1 N–H and O–H groups in total. The van der Waals surface area contributed by atoms with Crippen LogP contribution >= 0.6 is 22.9 Å². The van der Waals surface area contributed by atoms with E-state index in [0.29, 0.717) is 21.4 Å². The van der Waals surface area contributed by atoms with Gasteiger partial charge in [0.05, 0.1) is 18.4 Å². The molecule has 0 aliphatic carbocycles. The van der Waals surface area contributed by atoms with Crippen molar-refractivity contribution in [1.29, 1.82) is 0 Å². The Hall–Kier alpha value is -4.01. The molecule has 0 aliphatic rings. The third kappa shape index (κ3) is 5.92. The smallest absolute Gasteiger partial charge is 0.339 e. The maximum atomic E-state index is 12.9. The van der Waals surface area contributed by atoms with Crippen molar-refractivity contribution in [2.45, 2.75) is 0 Å². The number of amides is 1. The van der Waals surface area contributed by atoms with Crippen molar-refractivity contribution < 1.29 is 23.9 Å². The number of esters is 1. The van der Waals surface area contributed by atoms with Gasteiger partial charge in [-0.1, -0.05) is 29.8 Å². The van der Waals surface area contributed by atoms with Crippen molar-refractivity contribution in [2.24, 2.45) is 0 Å². The lowest BCUT2D eigenvalue weighted by atomic mass is 9.98. The third-order valence-electron chi connectivity index (χ3n) is 4.97. The summed E-state index contributed by atoms with van der Waals surface area (Å²) in [6.07, 6.45) is 0. The van der Waals surface area contributed by atoms with Crippen LogP contribution in [0.1, 0.15) is 26.3 Å². The zero-order valence-electron chi connectivity index (χ0n) is 18.5. The average Bonchev–Trinajstić information content (AvgIpc) is 3.35. The summed E-state index contributed by atoms with van der Waals surface area (Å²) in [4.78, 5) is 42.2. The molecule has 0 saturated carbocycles. The molecule has 0 atom stereocenters. The minimum atomic E-state index is -0.781. The Morgan fingerprint density at radius 1 is 0.943 bits per heavy atom. The second kappa shape index (κ2) is 10.9. The zero-order valence-corrected chi connectivity index (χ0v) is 20.1. The number of hydrogen-bond donors (Lipinski definition) is 1. The summed E-state index contributed by atoms with van der Waals surface area (Å²) in [5.74, 6) is -0.949. The van der Waals surface area contributed by atoms with Gasteiger partial charge in [-0.15, -0.1) is 11.3 Å². The van der Waals surface area contributed by atoms with Crippen LogP contribution < -0.4 is 10.1 Å². The number of rotatable bonds is 8. The van der Waals surface area contributed by atoms with E-state index in [0.717, 1.165) is 11.3 Å². The Morgan fingerprint density at radius 3 is 2.31 bits per heavy atom. The van der Waals surface area contributed by atoms with Gasteiger partial charge < -0.3 is 9.47 Å². The molecule has 4 rings (SSSR count). The van der Waals surface area contributed by atoms with Gasteiger partial charge in [-0.05, 0) is 54.6 Å².